The highest BCUT2D eigenvalue weighted by Crippen LogP contribution is 2.23. The van der Waals surface area contributed by atoms with Gasteiger partial charge in [0.25, 0.3) is 0 Å². The summed E-state index contributed by atoms with van der Waals surface area (Å²) in [5.74, 6) is -0.0610. The quantitative estimate of drug-likeness (QED) is 0.499. The zero-order valence-electron chi connectivity index (χ0n) is 11.5. The van der Waals surface area contributed by atoms with Gasteiger partial charge in [-0.15, -0.1) is 0 Å². The number of rotatable bonds is 2. The summed E-state index contributed by atoms with van der Waals surface area (Å²) >= 11 is 3.48. The van der Waals surface area contributed by atoms with Gasteiger partial charge in [-0.25, -0.2) is 4.98 Å². The summed E-state index contributed by atoms with van der Waals surface area (Å²) in [5.41, 5.74) is 3.71. The molecule has 4 heteroatoms. The highest BCUT2D eigenvalue weighted by Gasteiger charge is 2.16. The van der Waals surface area contributed by atoms with Crippen LogP contribution in [-0.2, 0) is 0 Å². The predicted octanol–water partition coefficient (Wildman–Crippen LogP) is 4.48. The Morgan fingerprint density at radius 1 is 0.955 bits per heavy atom. The van der Waals surface area contributed by atoms with Crippen molar-refractivity contribution in [1.29, 1.82) is 0 Å². The second-order valence-electron chi connectivity index (χ2n) is 5.05. The van der Waals surface area contributed by atoms with Gasteiger partial charge in [0, 0.05) is 16.2 Å². The molecular formula is C18H11BrN2O. The average molecular weight is 351 g/mol. The van der Waals surface area contributed by atoms with Crippen molar-refractivity contribution in [3.8, 4) is 0 Å². The number of carbonyl (C=O) groups is 1. The molecule has 0 atom stereocenters. The van der Waals surface area contributed by atoms with Crippen LogP contribution < -0.4 is 0 Å². The normalized spacial score (nSPS) is 11.1. The van der Waals surface area contributed by atoms with Crippen molar-refractivity contribution in [3.63, 3.8) is 0 Å². The Hall–Kier alpha value is -2.46. The molecule has 0 aliphatic carbocycles. The lowest BCUT2D eigenvalue weighted by Crippen LogP contribution is -2.07. The molecule has 0 radical (unpaired) electrons. The molecule has 0 saturated heterocycles. The number of aromatic nitrogens is 2. The number of hydrogen-bond acceptors (Lipinski definition) is 2. The van der Waals surface area contributed by atoms with Crippen molar-refractivity contribution in [3.05, 3.63) is 82.6 Å². The maximum absolute atomic E-state index is 12.8. The number of fused-ring (bicyclic) bond motifs is 3. The van der Waals surface area contributed by atoms with Crippen molar-refractivity contribution in [2.75, 3.05) is 0 Å². The van der Waals surface area contributed by atoms with E-state index in [2.05, 4.69) is 20.9 Å². The second-order valence-corrected chi connectivity index (χ2v) is 5.97. The monoisotopic (exact) mass is 350 g/mol. The third-order valence-corrected chi connectivity index (χ3v) is 4.16. The van der Waals surface area contributed by atoms with E-state index in [0.717, 1.165) is 21.0 Å². The van der Waals surface area contributed by atoms with Gasteiger partial charge in [0.2, 0.25) is 5.78 Å². The fourth-order valence-corrected chi connectivity index (χ4v) is 2.99. The Kier molecular flexibility index (Phi) is 3.05. The third-order valence-electron chi connectivity index (χ3n) is 3.67. The van der Waals surface area contributed by atoms with E-state index in [1.54, 1.807) is 0 Å². The van der Waals surface area contributed by atoms with E-state index in [1.165, 1.54) is 0 Å². The molecule has 2 heterocycles. The van der Waals surface area contributed by atoms with E-state index in [4.69, 9.17) is 0 Å². The van der Waals surface area contributed by atoms with Crippen molar-refractivity contribution in [2.45, 2.75) is 0 Å². The lowest BCUT2D eigenvalue weighted by Gasteiger charge is -2.08. The molecule has 0 bridgehead atoms. The molecule has 4 rings (SSSR count). The summed E-state index contributed by atoms with van der Waals surface area (Å²) in [5, 5.41) is 0. The molecule has 0 aliphatic rings. The lowest BCUT2D eigenvalue weighted by atomic mass is 10.1. The zero-order valence-corrected chi connectivity index (χ0v) is 13.1. The van der Waals surface area contributed by atoms with Gasteiger partial charge >= 0.3 is 0 Å². The fraction of sp³-hybridized carbons (Fsp3) is 0. The second kappa shape index (κ2) is 5.07. The molecule has 0 unspecified atom stereocenters. The smallest absolute Gasteiger partial charge is 0.213 e. The van der Waals surface area contributed by atoms with Gasteiger partial charge in [0.05, 0.1) is 16.6 Å². The molecule has 2 aromatic carbocycles. The molecule has 3 nitrogen and oxygen atoms in total. The number of halogens is 1. The molecule has 0 fully saturated rings. The third kappa shape index (κ3) is 2.04. The van der Waals surface area contributed by atoms with E-state index < -0.39 is 0 Å². The van der Waals surface area contributed by atoms with Crippen molar-refractivity contribution in [2.24, 2.45) is 0 Å². The van der Waals surface area contributed by atoms with Crippen LogP contribution in [0.25, 0.3) is 16.6 Å². The molecule has 22 heavy (non-hydrogen) atoms. The molecule has 2 aromatic heterocycles. The zero-order chi connectivity index (χ0) is 15.1. The molecule has 0 spiro atoms. The molecule has 4 aromatic rings. The Balaban J connectivity index is 2.03. The van der Waals surface area contributed by atoms with Crippen LogP contribution in [0.3, 0.4) is 0 Å². The van der Waals surface area contributed by atoms with Crippen molar-refractivity contribution < 1.29 is 4.79 Å². The molecular weight excluding hydrogens is 340 g/mol. The minimum atomic E-state index is -0.0610. The summed E-state index contributed by atoms with van der Waals surface area (Å²) < 4.78 is 2.99. The number of nitrogens with zero attached hydrogens (tertiary/aromatic N) is 2. The van der Waals surface area contributed by atoms with E-state index in [-0.39, 0.29) is 5.78 Å². The number of ketones is 1. The summed E-state index contributed by atoms with van der Waals surface area (Å²) in [6.07, 6.45) is 1.95. The van der Waals surface area contributed by atoms with Gasteiger partial charge in [-0.05, 0) is 30.3 Å². The minimum absolute atomic E-state index is 0.0610. The molecule has 106 valence electrons. The van der Waals surface area contributed by atoms with Crippen molar-refractivity contribution >= 4 is 38.3 Å². The molecule has 0 aliphatic heterocycles. The Bertz CT molecular complexity index is 1010. The van der Waals surface area contributed by atoms with Crippen LogP contribution in [0, 0.1) is 0 Å². The van der Waals surface area contributed by atoms with Crippen LogP contribution in [0.4, 0.5) is 0 Å². The maximum Gasteiger partial charge on any atom is 0.213 e. The standard InChI is InChI=1S/C18H11BrN2O/c19-13-8-9-14-16(11-13)21-10-4-7-15(21)17(20-14)18(22)12-5-2-1-3-6-12/h1-11H. The number of benzene rings is 2. The van der Waals surface area contributed by atoms with E-state index in [9.17, 15) is 4.79 Å². The van der Waals surface area contributed by atoms with Crippen LogP contribution in [0.2, 0.25) is 0 Å². The van der Waals surface area contributed by atoms with Crippen LogP contribution in [0.1, 0.15) is 16.1 Å². The molecule has 0 saturated carbocycles. The first-order valence-electron chi connectivity index (χ1n) is 6.90. The van der Waals surface area contributed by atoms with Gasteiger partial charge in [-0.3, -0.25) is 4.79 Å². The maximum atomic E-state index is 12.8. The Morgan fingerprint density at radius 3 is 2.59 bits per heavy atom. The fourth-order valence-electron chi connectivity index (χ4n) is 2.64. The summed E-state index contributed by atoms with van der Waals surface area (Å²) in [6, 6.07) is 19.0. The van der Waals surface area contributed by atoms with E-state index in [0.29, 0.717) is 11.3 Å². The average Bonchev–Trinajstić information content (AvgIpc) is 3.04. The summed E-state index contributed by atoms with van der Waals surface area (Å²) in [4.78, 5) is 17.4. The van der Waals surface area contributed by atoms with Gasteiger partial charge in [0.15, 0.2) is 0 Å². The van der Waals surface area contributed by atoms with Crippen LogP contribution >= 0.6 is 15.9 Å². The molecule has 0 N–H and O–H groups in total. The first-order valence-corrected chi connectivity index (χ1v) is 7.69. The van der Waals surface area contributed by atoms with Crippen LogP contribution in [-0.4, -0.2) is 15.2 Å². The predicted molar refractivity (Wildman–Crippen MR) is 90.3 cm³/mol. The molecule has 0 amide bonds. The SMILES string of the molecule is O=C(c1ccccc1)c1nc2ccc(Br)cc2n2cccc12. The van der Waals surface area contributed by atoms with Crippen LogP contribution in [0.15, 0.2) is 71.3 Å². The first kappa shape index (κ1) is 13.2. The number of hydrogen-bond donors (Lipinski definition) is 0. The Morgan fingerprint density at radius 2 is 1.77 bits per heavy atom. The highest BCUT2D eigenvalue weighted by molar-refractivity contribution is 9.10. The summed E-state index contributed by atoms with van der Waals surface area (Å²) in [6.45, 7) is 0. The van der Waals surface area contributed by atoms with Crippen molar-refractivity contribution in [1.82, 2.24) is 9.38 Å². The van der Waals surface area contributed by atoms with Gasteiger partial charge in [0.1, 0.15) is 5.69 Å². The lowest BCUT2D eigenvalue weighted by molar-refractivity contribution is 0.103. The topological polar surface area (TPSA) is 34.4 Å². The highest BCUT2D eigenvalue weighted by atomic mass is 79.9. The van der Waals surface area contributed by atoms with Crippen LogP contribution in [0.5, 0.6) is 0 Å². The first-order chi connectivity index (χ1) is 10.7. The Labute approximate surface area is 135 Å². The summed E-state index contributed by atoms with van der Waals surface area (Å²) in [7, 11) is 0. The van der Waals surface area contributed by atoms with Gasteiger partial charge in [-0.2, -0.15) is 0 Å². The van der Waals surface area contributed by atoms with E-state index in [1.807, 2.05) is 71.3 Å². The van der Waals surface area contributed by atoms with Gasteiger partial charge in [-0.1, -0.05) is 46.3 Å². The number of carbonyl (C=O) groups excluding carboxylic acids is 1. The van der Waals surface area contributed by atoms with Gasteiger partial charge < -0.3 is 4.40 Å². The largest absolute Gasteiger partial charge is 0.313 e. The van der Waals surface area contributed by atoms with E-state index >= 15 is 0 Å². The minimum Gasteiger partial charge on any atom is -0.313 e.